The Morgan fingerprint density at radius 2 is 2.06 bits per heavy atom. The number of hydrogen-bond acceptors (Lipinski definition) is 2. The zero-order chi connectivity index (χ0) is 12.3. The van der Waals surface area contributed by atoms with Crippen molar-refractivity contribution in [2.45, 2.75) is 45.8 Å². The molecule has 94 valence electrons. The molecule has 2 heteroatoms. The standard InChI is InChI=1S/C15H23NO/c1-11(2)17-14-9-5-4-8-13(14)15-12(3)7-6-10-16-15/h4-5,8-9,11-12,15-16H,6-7,10H2,1-3H3. The number of hydrogen-bond donors (Lipinski definition) is 1. The Labute approximate surface area is 104 Å². The maximum absolute atomic E-state index is 5.91. The monoisotopic (exact) mass is 233 g/mol. The van der Waals surface area contributed by atoms with E-state index in [0.717, 1.165) is 12.3 Å². The third-order valence-corrected chi connectivity index (χ3v) is 3.39. The normalized spacial score (nSPS) is 24.9. The second-order valence-corrected chi connectivity index (χ2v) is 5.26. The number of piperidine rings is 1. The molecule has 1 heterocycles. The van der Waals surface area contributed by atoms with Crippen molar-refractivity contribution in [1.29, 1.82) is 0 Å². The van der Waals surface area contributed by atoms with E-state index >= 15 is 0 Å². The van der Waals surface area contributed by atoms with E-state index in [1.807, 2.05) is 0 Å². The van der Waals surface area contributed by atoms with Crippen LogP contribution < -0.4 is 10.1 Å². The Bertz CT molecular complexity index is 362. The second kappa shape index (κ2) is 5.54. The Balaban J connectivity index is 2.23. The van der Waals surface area contributed by atoms with Gasteiger partial charge in [0.15, 0.2) is 0 Å². The van der Waals surface area contributed by atoms with Crippen LogP contribution in [0.25, 0.3) is 0 Å². The highest BCUT2D eigenvalue weighted by Crippen LogP contribution is 2.34. The van der Waals surface area contributed by atoms with Crippen LogP contribution in [0, 0.1) is 5.92 Å². The average Bonchev–Trinajstić information content (AvgIpc) is 2.30. The Morgan fingerprint density at radius 1 is 1.29 bits per heavy atom. The van der Waals surface area contributed by atoms with Gasteiger partial charge in [-0.1, -0.05) is 25.1 Å². The number of nitrogens with one attached hydrogen (secondary N) is 1. The molecule has 2 rings (SSSR count). The predicted octanol–water partition coefficient (Wildman–Crippen LogP) is 3.53. The van der Waals surface area contributed by atoms with Crippen molar-refractivity contribution in [3.05, 3.63) is 29.8 Å². The zero-order valence-electron chi connectivity index (χ0n) is 11.1. The van der Waals surface area contributed by atoms with E-state index in [0.29, 0.717) is 12.0 Å². The highest BCUT2D eigenvalue weighted by molar-refractivity contribution is 5.36. The third kappa shape index (κ3) is 3.01. The summed E-state index contributed by atoms with van der Waals surface area (Å²) in [5.41, 5.74) is 1.31. The van der Waals surface area contributed by atoms with Crippen LogP contribution in [0.1, 0.15) is 45.2 Å². The lowest BCUT2D eigenvalue weighted by atomic mass is 9.87. The summed E-state index contributed by atoms with van der Waals surface area (Å²) in [5, 5.41) is 3.62. The fraction of sp³-hybridized carbons (Fsp3) is 0.600. The van der Waals surface area contributed by atoms with E-state index in [-0.39, 0.29) is 6.10 Å². The topological polar surface area (TPSA) is 21.3 Å². The fourth-order valence-electron chi connectivity index (χ4n) is 2.56. The first kappa shape index (κ1) is 12.4. The molecule has 0 spiro atoms. The van der Waals surface area contributed by atoms with E-state index in [2.05, 4.69) is 50.4 Å². The first-order valence-electron chi connectivity index (χ1n) is 6.67. The van der Waals surface area contributed by atoms with Gasteiger partial charge in [-0.2, -0.15) is 0 Å². The van der Waals surface area contributed by atoms with Gasteiger partial charge < -0.3 is 10.1 Å². The molecule has 1 aliphatic rings. The lowest BCUT2D eigenvalue weighted by molar-refractivity contribution is 0.229. The van der Waals surface area contributed by atoms with Crippen molar-refractivity contribution < 1.29 is 4.74 Å². The molecule has 1 fully saturated rings. The summed E-state index contributed by atoms with van der Waals surface area (Å²) < 4.78 is 5.91. The first-order valence-corrected chi connectivity index (χ1v) is 6.67. The van der Waals surface area contributed by atoms with Gasteiger partial charge in [0.05, 0.1) is 6.10 Å². The molecule has 2 nitrogen and oxygen atoms in total. The molecular formula is C15H23NO. The maximum atomic E-state index is 5.91. The smallest absolute Gasteiger partial charge is 0.124 e. The van der Waals surface area contributed by atoms with Crippen molar-refractivity contribution in [3.8, 4) is 5.75 Å². The van der Waals surface area contributed by atoms with Crippen molar-refractivity contribution in [2.24, 2.45) is 5.92 Å². The molecule has 0 bridgehead atoms. The Morgan fingerprint density at radius 3 is 2.76 bits per heavy atom. The Kier molecular flexibility index (Phi) is 4.06. The highest BCUT2D eigenvalue weighted by Gasteiger charge is 2.24. The van der Waals surface area contributed by atoms with E-state index in [9.17, 15) is 0 Å². The first-order chi connectivity index (χ1) is 8.18. The van der Waals surface area contributed by atoms with Crippen molar-refractivity contribution in [1.82, 2.24) is 5.32 Å². The van der Waals surface area contributed by atoms with Crippen LogP contribution in [0.4, 0.5) is 0 Å². The molecule has 0 radical (unpaired) electrons. The van der Waals surface area contributed by atoms with Crippen LogP contribution in [0.15, 0.2) is 24.3 Å². The summed E-state index contributed by atoms with van der Waals surface area (Å²) in [5.74, 6) is 1.72. The van der Waals surface area contributed by atoms with Crippen LogP contribution in [0.2, 0.25) is 0 Å². The zero-order valence-corrected chi connectivity index (χ0v) is 11.1. The SMILES string of the molecule is CC(C)Oc1ccccc1C1NCCCC1C. The molecule has 0 aromatic heterocycles. The molecule has 1 aromatic carbocycles. The fourth-order valence-corrected chi connectivity index (χ4v) is 2.56. The number of ether oxygens (including phenoxy) is 1. The van der Waals surface area contributed by atoms with Crippen LogP contribution in [0.3, 0.4) is 0 Å². The van der Waals surface area contributed by atoms with E-state index in [1.165, 1.54) is 18.4 Å². The van der Waals surface area contributed by atoms with Gasteiger partial charge in [0.25, 0.3) is 0 Å². The molecule has 1 saturated heterocycles. The minimum atomic E-state index is 0.232. The minimum Gasteiger partial charge on any atom is -0.491 e. The van der Waals surface area contributed by atoms with Crippen molar-refractivity contribution in [2.75, 3.05) is 6.54 Å². The summed E-state index contributed by atoms with van der Waals surface area (Å²) in [6.07, 6.45) is 2.81. The van der Waals surface area contributed by atoms with Gasteiger partial charge in [-0.15, -0.1) is 0 Å². The van der Waals surface area contributed by atoms with Gasteiger partial charge in [-0.3, -0.25) is 0 Å². The molecule has 1 aliphatic heterocycles. The van der Waals surface area contributed by atoms with Crippen molar-refractivity contribution >= 4 is 0 Å². The van der Waals surface area contributed by atoms with Crippen LogP contribution in [-0.4, -0.2) is 12.6 Å². The Hall–Kier alpha value is -1.02. The molecule has 1 aromatic rings. The van der Waals surface area contributed by atoms with Crippen LogP contribution >= 0.6 is 0 Å². The van der Waals surface area contributed by atoms with Crippen molar-refractivity contribution in [3.63, 3.8) is 0 Å². The quantitative estimate of drug-likeness (QED) is 0.862. The molecule has 0 amide bonds. The van der Waals surface area contributed by atoms with E-state index in [4.69, 9.17) is 4.74 Å². The lowest BCUT2D eigenvalue weighted by Gasteiger charge is -2.31. The van der Waals surface area contributed by atoms with Crippen LogP contribution in [0.5, 0.6) is 5.75 Å². The van der Waals surface area contributed by atoms with Gasteiger partial charge in [0.1, 0.15) is 5.75 Å². The van der Waals surface area contributed by atoms with Crippen LogP contribution in [-0.2, 0) is 0 Å². The summed E-state index contributed by atoms with van der Waals surface area (Å²) in [6.45, 7) is 7.59. The van der Waals surface area contributed by atoms with E-state index in [1.54, 1.807) is 0 Å². The minimum absolute atomic E-state index is 0.232. The maximum Gasteiger partial charge on any atom is 0.124 e. The third-order valence-electron chi connectivity index (χ3n) is 3.39. The number of rotatable bonds is 3. The van der Waals surface area contributed by atoms with Gasteiger partial charge in [-0.05, 0) is 45.2 Å². The van der Waals surface area contributed by atoms with Gasteiger partial charge >= 0.3 is 0 Å². The summed E-state index contributed by atoms with van der Waals surface area (Å²) in [6, 6.07) is 8.87. The second-order valence-electron chi connectivity index (χ2n) is 5.26. The van der Waals surface area contributed by atoms with Gasteiger partial charge in [0.2, 0.25) is 0 Å². The molecule has 2 unspecified atom stereocenters. The summed E-state index contributed by atoms with van der Waals surface area (Å²) in [4.78, 5) is 0. The number of benzene rings is 1. The molecule has 2 atom stereocenters. The largest absolute Gasteiger partial charge is 0.491 e. The predicted molar refractivity (Wildman–Crippen MR) is 71.3 cm³/mol. The van der Waals surface area contributed by atoms with Gasteiger partial charge in [-0.25, -0.2) is 0 Å². The molecule has 17 heavy (non-hydrogen) atoms. The summed E-state index contributed by atoms with van der Waals surface area (Å²) >= 11 is 0. The molecule has 1 N–H and O–H groups in total. The molecular weight excluding hydrogens is 210 g/mol. The molecule has 0 saturated carbocycles. The number of para-hydroxylation sites is 1. The average molecular weight is 233 g/mol. The molecule has 0 aliphatic carbocycles. The summed E-state index contributed by atoms with van der Waals surface area (Å²) in [7, 11) is 0. The van der Waals surface area contributed by atoms with E-state index < -0.39 is 0 Å². The highest BCUT2D eigenvalue weighted by atomic mass is 16.5. The lowest BCUT2D eigenvalue weighted by Crippen LogP contribution is -2.33. The van der Waals surface area contributed by atoms with Gasteiger partial charge in [0, 0.05) is 11.6 Å².